The van der Waals surface area contributed by atoms with Crippen molar-refractivity contribution in [1.29, 1.82) is 0 Å². The molecule has 2 heteroatoms. The molecule has 0 amide bonds. The van der Waals surface area contributed by atoms with E-state index in [-0.39, 0.29) is 0 Å². The lowest BCUT2D eigenvalue weighted by molar-refractivity contribution is 0.239. The number of hydrogen-bond acceptors (Lipinski definition) is 2. The first-order chi connectivity index (χ1) is 9.78. The summed E-state index contributed by atoms with van der Waals surface area (Å²) in [5.74, 6) is 0.894. The molecule has 2 rings (SSSR count). The Morgan fingerprint density at radius 3 is 2.30 bits per heavy atom. The van der Waals surface area contributed by atoms with Gasteiger partial charge in [-0.25, -0.2) is 0 Å². The summed E-state index contributed by atoms with van der Waals surface area (Å²) in [4.78, 5) is 0. The van der Waals surface area contributed by atoms with Crippen molar-refractivity contribution in [1.82, 2.24) is 0 Å². The molecule has 0 N–H and O–H groups in total. The first kappa shape index (κ1) is 14.2. The van der Waals surface area contributed by atoms with Gasteiger partial charge in [0.1, 0.15) is 12.4 Å². The van der Waals surface area contributed by atoms with Crippen LogP contribution in [0, 0.1) is 6.92 Å². The van der Waals surface area contributed by atoms with Crippen LogP contribution in [-0.4, -0.2) is 6.61 Å². The van der Waals surface area contributed by atoms with E-state index in [1.807, 2.05) is 37.3 Å². The molecule has 0 bridgehead atoms. The van der Waals surface area contributed by atoms with Gasteiger partial charge in [0.25, 0.3) is 0 Å². The van der Waals surface area contributed by atoms with Gasteiger partial charge in [0.05, 0.1) is 12.9 Å². The molecule has 0 saturated carbocycles. The highest BCUT2D eigenvalue weighted by molar-refractivity contribution is 5.49. The molecule has 0 aliphatic rings. The Bertz CT molecular complexity index is 539. The van der Waals surface area contributed by atoms with Crippen LogP contribution in [0.4, 0.5) is 0 Å². The van der Waals surface area contributed by atoms with Crippen LogP contribution in [-0.2, 0) is 11.3 Å². The second kappa shape index (κ2) is 7.39. The predicted octanol–water partition coefficient (Wildman–Crippen LogP) is 4.58. The maximum atomic E-state index is 5.53. The lowest BCUT2D eigenvalue weighted by Crippen LogP contribution is -1.90. The number of benzene rings is 2. The quantitative estimate of drug-likeness (QED) is 0.714. The maximum absolute atomic E-state index is 5.53. The molecule has 2 aromatic carbocycles. The minimum Gasteiger partial charge on any atom is -0.496 e. The molecule has 2 aromatic rings. The van der Waals surface area contributed by atoms with Crippen molar-refractivity contribution in [3.63, 3.8) is 0 Å². The molecule has 0 atom stereocenters. The first-order valence-corrected chi connectivity index (χ1v) is 6.84. The second-order valence-corrected chi connectivity index (χ2v) is 4.60. The van der Waals surface area contributed by atoms with Crippen molar-refractivity contribution in [3.8, 4) is 5.75 Å². The summed E-state index contributed by atoms with van der Waals surface area (Å²) < 4.78 is 10.9. The first-order valence-electron chi connectivity index (χ1n) is 6.84. The summed E-state index contributed by atoms with van der Waals surface area (Å²) in [7, 11) is 0. The van der Waals surface area contributed by atoms with Crippen LogP contribution in [0.5, 0.6) is 5.75 Å². The van der Waals surface area contributed by atoms with E-state index in [9.17, 15) is 0 Å². The molecule has 0 aromatic heterocycles. The SMILES string of the molecule is CCOc1ccc(C=COCc2ccc(C)cc2)cc1. The minimum absolute atomic E-state index is 0.591. The zero-order valence-electron chi connectivity index (χ0n) is 12.0. The van der Waals surface area contributed by atoms with E-state index >= 15 is 0 Å². The van der Waals surface area contributed by atoms with Crippen molar-refractivity contribution in [2.75, 3.05) is 6.61 Å². The summed E-state index contributed by atoms with van der Waals surface area (Å²) >= 11 is 0. The highest BCUT2D eigenvalue weighted by Crippen LogP contribution is 2.13. The highest BCUT2D eigenvalue weighted by atomic mass is 16.5. The molecule has 2 nitrogen and oxygen atoms in total. The topological polar surface area (TPSA) is 18.5 Å². The largest absolute Gasteiger partial charge is 0.496 e. The minimum atomic E-state index is 0.591. The third kappa shape index (κ3) is 4.47. The fourth-order valence-corrected chi connectivity index (χ4v) is 1.80. The van der Waals surface area contributed by atoms with Gasteiger partial charge in [0, 0.05) is 0 Å². The molecular weight excluding hydrogens is 248 g/mol. The Balaban J connectivity index is 1.82. The highest BCUT2D eigenvalue weighted by Gasteiger charge is 1.93. The van der Waals surface area contributed by atoms with E-state index in [1.54, 1.807) is 6.26 Å². The van der Waals surface area contributed by atoms with Crippen LogP contribution < -0.4 is 4.74 Å². The van der Waals surface area contributed by atoms with Gasteiger partial charge in [-0.15, -0.1) is 0 Å². The molecule has 0 aliphatic carbocycles. The average Bonchev–Trinajstić information content (AvgIpc) is 2.47. The van der Waals surface area contributed by atoms with Crippen LogP contribution >= 0.6 is 0 Å². The number of ether oxygens (including phenoxy) is 2. The van der Waals surface area contributed by atoms with E-state index in [0.717, 1.165) is 11.3 Å². The van der Waals surface area contributed by atoms with Gasteiger partial charge in [-0.1, -0.05) is 42.0 Å². The summed E-state index contributed by atoms with van der Waals surface area (Å²) in [6, 6.07) is 16.3. The summed E-state index contributed by atoms with van der Waals surface area (Å²) in [5, 5.41) is 0. The Hall–Kier alpha value is -2.22. The molecule has 0 fully saturated rings. The van der Waals surface area contributed by atoms with Gasteiger partial charge < -0.3 is 9.47 Å². The van der Waals surface area contributed by atoms with Crippen molar-refractivity contribution >= 4 is 6.08 Å². The molecule has 104 valence electrons. The van der Waals surface area contributed by atoms with Gasteiger partial charge in [-0.3, -0.25) is 0 Å². The van der Waals surface area contributed by atoms with Gasteiger partial charge in [-0.2, -0.15) is 0 Å². The molecule has 0 spiro atoms. The molecule has 0 unspecified atom stereocenters. The van der Waals surface area contributed by atoms with Crippen LogP contribution in [0.3, 0.4) is 0 Å². The summed E-state index contributed by atoms with van der Waals surface area (Å²) in [6.07, 6.45) is 3.68. The van der Waals surface area contributed by atoms with Crippen LogP contribution in [0.1, 0.15) is 23.6 Å². The van der Waals surface area contributed by atoms with Gasteiger partial charge in [0.15, 0.2) is 0 Å². The lowest BCUT2D eigenvalue weighted by Gasteiger charge is -2.03. The summed E-state index contributed by atoms with van der Waals surface area (Å²) in [5.41, 5.74) is 3.53. The Morgan fingerprint density at radius 1 is 0.950 bits per heavy atom. The van der Waals surface area contributed by atoms with Crippen molar-refractivity contribution in [2.45, 2.75) is 20.5 Å². The Labute approximate surface area is 120 Å². The van der Waals surface area contributed by atoms with Gasteiger partial charge >= 0.3 is 0 Å². The van der Waals surface area contributed by atoms with E-state index in [2.05, 4.69) is 31.2 Å². The van der Waals surface area contributed by atoms with Crippen molar-refractivity contribution < 1.29 is 9.47 Å². The average molecular weight is 268 g/mol. The maximum Gasteiger partial charge on any atom is 0.119 e. The third-order valence-electron chi connectivity index (χ3n) is 2.92. The second-order valence-electron chi connectivity index (χ2n) is 4.60. The molecular formula is C18H20O2. The van der Waals surface area contributed by atoms with E-state index in [1.165, 1.54) is 11.1 Å². The Morgan fingerprint density at radius 2 is 1.65 bits per heavy atom. The fourth-order valence-electron chi connectivity index (χ4n) is 1.80. The monoisotopic (exact) mass is 268 g/mol. The number of aryl methyl sites for hydroxylation is 1. The van der Waals surface area contributed by atoms with Gasteiger partial charge in [-0.05, 0) is 43.2 Å². The molecule has 20 heavy (non-hydrogen) atoms. The lowest BCUT2D eigenvalue weighted by atomic mass is 10.2. The van der Waals surface area contributed by atoms with Crippen molar-refractivity contribution in [3.05, 3.63) is 71.5 Å². The molecule has 0 aliphatic heterocycles. The summed E-state index contributed by atoms with van der Waals surface area (Å²) in [6.45, 7) is 5.34. The normalized spacial score (nSPS) is 10.7. The Kier molecular flexibility index (Phi) is 5.24. The zero-order chi connectivity index (χ0) is 14.2. The van der Waals surface area contributed by atoms with Crippen LogP contribution in [0.2, 0.25) is 0 Å². The number of hydrogen-bond donors (Lipinski definition) is 0. The van der Waals surface area contributed by atoms with Crippen LogP contribution in [0.15, 0.2) is 54.8 Å². The predicted molar refractivity (Wildman–Crippen MR) is 82.6 cm³/mol. The van der Waals surface area contributed by atoms with E-state index in [4.69, 9.17) is 9.47 Å². The molecule has 0 heterocycles. The number of rotatable bonds is 6. The van der Waals surface area contributed by atoms with Crippen LogP contribution in [0.25, 0.3) is 6.08 Å². The van der Waals surface area contributed by atoms with E-state index in [0.29, 0.717) is 13.2 Å². The van der Waals surface area contributed by atoms with Crippen molar-refractivity contribution in [2.24, 2.45) is 0 Å². The third-order valence-corrected chi connectivity index (χ3v) is 2.92. The van der Waals surface area contributed by atoms with E-state index < -0.39 is 0 Å². The van der Waals surface area contributed by atoms with Gasteiger partial charge in [0.2, 0.25) is 0 Å². The smallest absolute Gasteiger partial charge is 0.119 e. The standard InChI is InChI=1S/C18H20O2/c1-3-20-18-10-8-16(9-11-18)12-13-19-14-17-6-4-15(2)5-7-17/h4-13H,3,14H2,1-2H3. The fraction of sp³-hybridized carbons (Fsp3) is 0.222. The zero-order valence-corrected chi connectivity index (χ0v) is 12.0. The molecule has 0 saturated heterocycles. The molecule has 0 radical (unpaired) electrons.